The molecule has 0 amide bonds. The van der Waals surface area contributed by atoms with Crippen molar-refractivity contribution >= 4 is 45.1 Å². The lowest BCUT2D eigenvalue weighted by molar-refractivity contribution is -0.402. The van der Waals surface area contributed by atoms with Gasteiger partial charge in [0.2, 0.25) is 4.80 Å². The van der Waals surface area contributed by atoms with Crippen LogP contribution in [-0.2, 0) is 0 Å². The molecule has 0 spiro atoms. The lowest BCUT2D eigenvalue weighted by atomic mass is 10.2. The van der Waals surface area contributed by atoms with E-state index < -0.39 is 10.7 Å². The van der Waals surface area contributed by atoms with Crippen LogP contribution < -0.4 is 4.80 Å². The molecule has 0 aliphatic carbocycles. The number of nitrogens with zero attached hydrogens (tertiary/aromatic N) is 4. The zero-order chi connectivity index (χ0) is 21.1. The predicted octanol–water partition coefficient (Wildman–Crippen LogP) is 5.73. The number of halogens is 2. The first-order valence-electron chi connectivity index (χ1n) is 8.56. The summed E-state index contributed by atoms with van der Waals surface area (Å²) >= 11 is 4.81. The highest BCUT2D eigenvalue weighted by Crippen LogP contribution is 2.28. The zero-order valence-electron chi connectivity index (χ0n) is 15.1. The molecule has 0 aliphatic heterocycles. The molecule has 7 nitrogen and oxygen atoms in total. The SMILES string of the molecule is O=[N+]([O-])c1ccc(C=Nn2c(-c3ccccc3Br)csc2=Nc2ccccc2F)o1. The molecule has 4 rings (SSSR count). The van der Waals surface area contributed by atoms with Gasteiger partial charge in [0, 0.05) is 15.4 Å². The van der Waals surface area contributed by atoms with E-state index in [1.165, 1.54) is 40.4 Å². The van der Waals surface area contributed by atoms with Crippen molar-refractivity contribution in [2.45, 2.75) is 0 Å². The summed E-state index contributed by atoms with van der Waals surface area (Å²) in [6.07, 6.45) is 1.35. The Kier molecular flexibility index (Phi) is 5.68. The van der Waals surface area contributed by atoms with Crippen LogP contribution in [0.15, 0.2) is 85.0 Å². The van der Waals surface area contributed by atoms with Crippen molar-refractivity contribution in [1.29, 1.82) is 0 Å². The van der Waals surface area contributed by atoms with Gasteiger partial charge >= 0.3 is 5.88 Å². The quantitative estimate of drug-likeness (QED) is 0.205. The van der Waals surface area contributed by atoms with Gasteiger partial charge in [0.25, 0.3) is 0 Å². The standard InChI is InChI=1S/C20H12BrFN4O3S/c21-15-6-2-1-5-14(15)18-12-30-20(24-17-8-4-3-7-16(17)22)25(18)23-11-13-9-10-19(29-13)26(27)28/h1-12H. The van der Waals surface area contributed by atoms with Crippen LogP contribution in [0.1, 0.15) is 5.76 Å². The number of para-hydroxylation sites is 1. The molecule has 10 heteroatoms. The fourth-order valence-corrected chi connectivity index (χ4v) is 3.94. The van der Waals surface area contributed by atoms with Crippen LogP contribution in [0.4, 0.5) is 16.0 Å². The van der Waals surface area contributed by atoms with Gasteiger partial charge in [-0.3, -0.25) is 10.1 Å². The Morgan fingerprint density at radius 1 is 1.13 bits per heavy atom. The van der Waals surface area contributed by atoms with Gasteiger partial charge in [-0.15, -0.1) is 11.3 Å². The van der Waals surface area contributed by atoms with Crippen LogP contribution in [0, 0.1) is 15.9 Å². The van der Waals surface area contributed by atoms with E-state index in [1.54, 1.807) is 18.2 Å². The number of thiazole rings is 1. The van der Waals surface area contributed by atoms with Crippen molar-refractivity contribution < 1.29 is 13.7 Å². The topological polar surface area (TPSA) is 85.9 Å². The summed E-state index contributed by atoms with van der Waals surface area (Å²) in [5.41, 5.74) is 1.74. The van der Waals surface area contributed by atoms with Crippen LogP contribution in [0.3, 0.4) is 0 Å². The number of hydrogen-bond acceptors (Lipinski definition) is 6. The van der Waals surface area contributed by atoms with Gasteiger partial charge in [0.15, 0.2) is 5.76 Å². The van der Waals surface area contributed by atoms with Gasteiger partial charge in [-0.1, -0.05) is 46.3 Å². The Morgan fingerprint density at radius 3 is 2.63 bits per heavy atom. The maximum Gasteiger partial charge on any atom is 0.433 e. The van der Waals surface area contributed by atoms with Crippen LogP contribution in [0.5, 0.6) is 0 Å². The van der Waals surface area contributed by atoms with Crippen molar-refractivity contribution in [3.05, 3.63) is 97.0 Å². The van der Waals surface area contributed by atoms with Gasteiger partial charge in [0.1, 0.15) is 16.4 Å². The number of aromatic nitrogens is 1. The zero-order valence-corrected chi connectivity index (χ0v) is 17.5. The lowest BCUT2D eigenvalue weighted by Crippen LogP contribution is -2.11. The molecule has 0 fully saturated rings. The third kappa shape index (κ3) is 4.14. The minimum atomic E-state index is -0.624. The van der Waals surface area contributed by atoms with Gasteiger partial charge < -0.3 is 4.42 Å². The molecule has 2 aromatic heterocycles. The molecule has 0 aliphatic rings. The lowest BCUT2D eigenvalue weighted by Gasteiger charge is -2.05. The molecule has 0 saturated heterocycles. The number of benzene rings is 2. The van der Waals surface area contributed by atoms with E-state index in [1.807, 2.05) is 29.6 Å². The number of nitro groups is 1. The van der Waals surface area contributed by atoms with Gasteiger partial charge in [-0.2, -0.15) is 5.10 Å². The molecule has 4 aromatic rings. The summed E-state index contributed by atoms with van der Waals surface area (Å²) in [5, 5.41) is 17.1. The molecule has 2 heterocycles. The first-order chi connectivity index (χ1) is 14.5. The van der Waals surface area contributed by atoms with E-state index >= 15 is 0 Å². The maximum atomic E-state index is 14.1. The minimum absolute atomic E-state index is 0.176. The first kappa shape index (κ1) is 19.9. The number of furan rings is 1. The third-order valence-corrected chi connectivity index (χ3v) is 5.50. The fraction of sp³-hybridized carbons (Fsp3) is 0. The highest BCUT2D eigenvalue weighted by molar-refractivity contribution is 9.10. The largest absolute Gasteiger partial charge is 0.433 e. The molecule has 30 heavy (non-hydrogen) atoms. The van der Waals surface area contributed by atoms with Gasteiger partial charge in [-0.05, 0) is 24.3 Å². The summed E-state index contributed by atoms with van der Waals surface area (Å²) < 4.78 is 21.6. The van der Waals surface area contributed by atoms with E-state index in [0.717, 1.165) is 10.0 Å². The molecule has 0 radical (unpaired) electrons. The molecule has 2 aromatic carbocycles. The summed E-state index contributed by atoms with van der Waals surface area (Å²) in [6.45, 7) is 0. The van der Waals surface area contributed by atoms with Crippen LogP contribution in [0.25, 0.3) is 11.3 Å². The first-order valence-corrected chi connectivity index (χ1v) is 10.2. The molecule has 150 valence electrons. The molecule has 0 unspecified atom stereocenters. The summed E-state index contributed by atoms with van der Waals surface area (Å²) in [6, 6.07) is 16.4. The number of rotatable bonds is 5. The predicted molar refractivity (Wildman–Crippen MR) is 115 cm³/mol. The molecule has 0 saturated carbocycles. The van der Waals surface area contributed by atoms with Crippen molar-refractivity contribution in [2.24, 2.45) is 10.1 Å². The normalized spacial score (nSPS) is 12.0. The second kappa shape index (κ2) is 8.56. The average molecular weight is 487 g/mol. The summed E-state index contributed by atoms with van der Waals surface area (Å²) in [4.78, 5) is 15.0. The van der Waals surface area contributed by atoms with E-state index in [0.29, 0.717) is 10.5 Å². The van der Waals surface area contributed by atoms with Gasteiger partial charge in [-0.25, -0.2) is 14.1 Å². The van der Waals surface area contributed by atoms with Crippen LogP contribution >= 0.6 is 27.3 Å². The Labute approximate surface area is 181 Å². The van der Waals surface area contributed by atoms with Crippen LogP contribution in [0.2, 0.25) is 0 Å². The Balaban J connectivity index is 1.85. The van der Waals surface area contributed by atoms with Crippen molar-refractivity contribution in [3.63, 3.8) is 0 Å². The highest BCUT2D eigenvalue weighted by Gasteiger charge is 2.13. The van der Waals surface area contributed by atoms with Crippen LogP contribution in [-0.4, -0.2) is 15.8 Å². The molecular formula is C20H12BrFN4O3S. The van der Waals surface area contributed by atoms with Crippen molar-refractivity contribution in [2.75, 3.05) is 0 Å². The Morgan fingerprint density at radius 2 is 1.90 bits per heavy atom. The average Bonchev–Trinajstić information content (AvgIpc) is 3.36. The molecule has 0 atom stereocenters. The Hall–Kier alpha value is -3.37. The highest BCUT2D eigenvalue weighted by atomic mass is 79.9. The molecule has 0 bridgehead atoms. The summed E-state index contributed by atoms with van der Waals surface area (Å²) in [5.74, 6) is -0.630. The minimum Gasteiger partial charge on any atom is -0.400 e. The Bertz CT molecular complexity index is 1330. The second-order valence-corrected chi connectivity index (χ2v) is 7.63. The monoisotopic (exact) mass is 486 g/mol. The summed E-state index contributed by atoms with van der Waals surface area (Å²) in [7, 11) is 0. The third-order valence-electron chi connectivity index (χ3n) is 4.00. The maximum absolute atomic E-state index is 14.1. The van der Waals surface area contributed by atoms with Crippen molar-refractivity contribution in [1.82, 2.24) is 4.68 Å². The van der Waals surface area contributed by atoms with Gasteiger partial charge in [0.05, 0.1) is 18.0 Å². The van der Waals surface area contributed by atoms with E-state index in [9.17, 15) is 14.5 Å². The molecular weight excluding hydrogens is 475 g/mol. The second-order valence-electron chi connectivity index (χ2n) is 5.94. The van der Waals surface area contributed by atoms with E-state index in [2.05, 4.69) is 26.0 Å². The smallest absolute Gasteiger partial charge is 0.400 e. The van der Waals surface area contributed by atoms with E-state index in [4.69, 9.17) is 4.42 Å². The fourth-order valence-electron chi connectivity index (χ4n) is 2.61. The van der Waals surface area contributed by atoms with E-state index in [-0.39, 0.29) is 17.3 Å². The number of hydrogen-bond donors (Lipinski definition) is 0. The molecule has 0 N–H and O–H groups in total. The van der Waals surface area contributed by atoms with Crippen molar-refractivity contribution in [3.8, 4) is 11.3 Å².